The molecule has 2 aromatic carbocycles. The number of rotatable bonds is 8. The number of fused-ring (bicyclic) bond motifs is 1. The van der Waals surface area contributed by atoms with Gasteiger partial charge in [0.05, 0.1) is 30.1 Å². The number of nitrogens with zero attached hydrogens (tertiary/aromatic N) is 3. The molecule has 0 spiro atoms. The first-order chi connectivity index (χ1) is 16.4. The molecule has 1 unspecified atom stereocenters. The largest absolute Gasteiger partial charge is 0.486 e. The van der Waals surface area contributed by atoms with Crippen LogP contribution in [0.3, 0.4) is 0 Å². The fraction of sp³-hybridized carbons (Fsp3) is 0.292. The normalized spacial score (nSPS) is 15.8. The Morgan fingerprint density at radius 1 is 1.32 bits per heavy atom. The Morgan fingerprint density at radius 3 is 2.91 bits per heavy atom. The lowest BCUT2D eigenvalue weighted by atomic mass is 10.1. The third kappa shape index (κ3) is 5.77. The van der Waals surface area contributed by atoms with Crippen molar-refractivity contribution in [2.75, 3.05) is 50.2 Å². The van der Waals surface area contributed by atoms with Crippen molar-refractivity contribution in [2.45, 2.75) is 12.5 Å². The molecule has 1 aliphatic heterocycles. The third-order valence-corrected chi connectivity index (χ3v) is 5.17. The topological polar surface area (TPSA) is 115 Å². The van der Waals surface area contributed by atoms with E-state index in [4.69, 9.17) is 15.2 Å². The van der Waals surface area contributed by atoms with Crippen LogP contribution in [0.15, 0.2) is 48.8 Å². The molecule has 1 atom stereocenters. The molecule has 0 aliphatic carbocycles. The van der Waals surface area contributed by atoms with Gasteiger partial charge < -0.3 is 30.7 Å². The van der Waals surface area contributed by atoms with E-state index in [1.54, 1.807) is 24.3 Å². The van der Waals surface area contributed by atoms with Crippen molar-refractivity contribution in [2.24, 2.45) is 0 Å². The number of nitrogen functional groups attached to an aromatic ring is 1. The molecule has 1 fully saturated rings. The van der Waals surface area contributed by atoms with Crippen LogP contribution in [-0.2, 0) is 9.53 Å². The molecule has 34 heavy (non-hydrogen) atoms. The van der Waals surface area contributed by atoms with Crippen LogP contribution in [0.5, 0.6) is 5.75 Å². The van der Waals surface area contributed by atoms with Crippen molar-refractivity contribution >= 4 is 39.7 Å². The first kappa shape index (κ1) is 23.4. The molecular weight excluding hydrogens is 439 g/mol. The quantitative estimate of drug-likeness (QED) is 0.342. The molecule has 3 aromatic rings. The Balaban J connectivity index is 1.68. The van der Waals surface area contributed by atoms with Gasteiger partial charge in [0.25, 0.3) is 0 Å². The van der Waals surface area contributed by atoms with Gasteiger partial charge >= 0.3 is 0 Å². The monoisotopic (exact) mass is 466 g/mol. The average Bonchev–Trinajstić information content (AvgIpc) is 3.30. The van der Waals surface area contributed by atoms with Crippen molar-refractivity contribution in [3.8, 4) is 5.75 Å². The summed E-state index contributed by atoms with van der Waals surface area (Å²) < 4.78 is 25.1. The van der Waals surface area contributed by atoms with Gasteiger partial charge in [0.15, 0.2) is 0 Å². The van der Waals surface area contributed by atoms with E-state index in [2.05, 4.69) is 20.6 Å². The van der Waals surface area contributed by atoms with Gasteiger partial charge in [0, 0.05) is 36.2 Å². The van der Waals surface area contributed by atoms with Gasteiger partial charge in [0.2, 0.25) is 5.91 Å². The van der Waals surface area contributed by atoms with E-state index in [1.807, 2.05) is 19.0 Å². The lowest BCUT2D eigenvalue weighted by molar-refractivity contribution is -0.111. The Kier molecular flexibility index (Phi) is 7.19. The van der Waals surface area contributed by atoms with E-state index >= 15 is 0 Å². The third-order valence-electron chi connectivity index (χ3n) is 5.17. The van der Waals surface area contributed by atoms with Crippen LogP contribution < -0.4 is 21.1 Å². The zero-order valence-electron chi connectivity index (χ0n) is 19.0. The summed E-state index contributed by atoms with van der Waals surface area (Å²) in [6.45, 7) is 1.75. The Bertz CT molecular complexity index is 1210. The van der Waals surface area contributed by atoms with E-state index in [0.29, 0.717) is 53.6 Å². The van der Waals surface area contributed by atoms with Crippen LogP contribution in [0.1, 0.15) is 6.42 Å². The summed E-state index contributed by atoms with van der Waals surface area (Å²) in [5, 5.41) is 6.69. The number of anilines is 4. The Hall–Kier alpha value is -3.76. The second kappa shape index (κ2) is 10.4. The van der Waals surface area contributed by atoms with Crippen molar-refractivity contribution in [3.05, 3.63) is 54.6 Å². The van der Waals surface area contributed by atoms with E-state index in [0.717, 1.165) is 6.42 Å². The summed E-state index contributed by atoms with van der Waals surface area (Å²) in [5.41, 5.74) is 7.38. The first-order valence-corrected chi connectivity index (χ1v) is 10.9. The summed E-state index contributed by atoms with van der Waals surface area (Å²) in [6, 6.07) is 7.85. The van der Waals surface area contributed by atoms with Crippen LogP contribution in [0, 0.1) is 5.82 Å². The zero-order chi connectivity index (χ0) is 24.1. The molecule has 1 aliphatic rings. The van der Waals surface area contributed by atoms with E-state index in [1.165, 1.54) is 24.5 Å². The number of benzene rings is 2. The molecule has 9 nitrogen and oxygen atoms in total. The molecular formula is C24H27FN6O3. The van der Waals surface area contributed by atoms with Crippen LogP contribution in [-0.4, -0.2) is 60.7 Å². The van der Waals surface area contributed by atoms with Crippen molar-refractivity contribution in [1.29, 1.82) is 0 Å². The number of hydrogen-bond donors (Lipinski definition) is 3. The predicted molar refractivity (Wildman–Crippen MR) is 130 cm³/mol. The SMILES string of the molecule is CN(C)C/C=C/C(=O)Nc1cc2c(Nc3ccc(F)c(N)c3)ncnc2cc1OC1CCOC1. The number of likely N-dealkylation sites (N-methyl/N-ethyl adjacent to an activating group) is 1. The summed E-state index contributed by atoms with van der Waals surface area (Å²) in [7, 11) is 3.84. The molecule has 4 N–H and O–H groups in total. The number of ether oxygens (including phenoxy) is 2. The number of hydrogen-bond acceptors (Lipinski definition) is 8. The standard InChI is InChI=1S/C24H27FN6O3/c1-31(2)8-3-4-23(32)30-21-11-17-20(12-22(21)34-16-7-9-33-13-16)27-14-28-24(17)29-15-5-6-18(25)19(26)10-15/h3-6,10-12,14,16H,7-9,13,26H2,1-2H3,(H,30,32)(H,27,28,29)/b4-3+. The lowest BCUT2D eigenvalue weighted by Gasteiger charge is -2.17. The molecule has 2 heterocycles. The van der Waals surface area contributed by atoms with Crippen molar-refractivity contribution in [1.82, 2.24) is 14.9 Å². The fourth-order valence-corrected chi connectivity index (χ4v) is 3.47. The van der Waals surface area contributed by atoms with E-state index in [9.17, 15) is 9.18 Å². The second-order valence-electron chi connectivity index (χ2n) is 8.21. The van der Waals surface area contributed by atoms with Gasteiger partial charge in [-0.05, 0) is 38.4 Å². The maximum absolute atomic E-state index is 13.6. The highest BCUT2D eigenvalue weighted by atomic mass is 19.1. The highest BCUT2D eigenvalue weighted by molar-refractivity contribution is 6.03. The van der Waals surface area contributed by atoms with Gasteiger partial charge in [-0.3, -0.25) is 4.79 Å². The number of aromatic nitrogens is 2. The molecule has 10 heteroatoms. The highest BCUT2D eigenvalue weighted by Crippen LogP contribution is 2.35. The maximum atomic E-state index is 13.6. The first-order valence-electron chi connectivity index (χ1n) is 10.9. The van der Waals surface area contributed by atoms with E-state index < -0.39 is 5.82 Å². The summed E-state index contributed by atoms with van der Waals surface area (Å²) in [6.07, 6.45) is 5.32. The average molecular weight is 467 g/mol. The predicted octanol–water partition coefficient (Wildman–Crippen LogP) is 3.32. The molecule has 0 bridgehead atoms. The number of amides is 1. The van der Waals surface area contributed by atoms with Gasteiger partial charge in [-0.25, -0.2) is 14.4 Å². The minimum Gasteiger partial charge on any atom is -0.486 e. The molecule has 0 radical (unpaired) electrons. The number of nitrogens with one attached hydrogen (secondary N) is 2. The number of carbonyl (C=O) groups excluding carboxylic acids is 1. The van der Waals surface area contributed by atoms with E-state index in [-0.39, 0.29) is 17.7 Å². The fourth-order valence-electron chi connectivity index (χ4n) is 3.47. The van der Waals surface area contributed by atoms with Gasteiger partial charge in [-0.15, -0.1) is 0 Å². The number of carbonyl (C=O) groups is 1. The van der Waals surface area contributed by atoms with Crippen molar-refractivity contribution < 1.29 is 18.7 Å². The highest BCUT2D eigenvalue weighted by Gasteiger charge is 2.20. The second-order valence-corrected chi connectivity index (χ2v) is 8.21. The smallest absolute Gasteiger partial charge is 0.248 e. The van der Waals surface area contributed by atoms with Crippen LogP contribution in [0.25, 0.3) is 10.9 Å². The summed E-state index contributed by atoms with van der Waals surface area (Å²) >= 11 is 0. The maximum Gasteiger partial charge on any atom is 0.248 e. The molecule has 0 saturated carbocycles. The summed E-state index contributed by atoms with van der Waals surface area (Å²) in [4.78, 5) is 23.2. The number of nitrogens with two attached hydrogens (primary N) is 1. The van der Waals surface area contributed by atoms with Gasteiger partial charge in [-0.1, -0.05) is 6.08 Å². The minimum atomic E-state index is -0.497. The molecule has 178 valence electrons. The minimum absolute atomic E-state index is 0.0234. The Morgan fingerprint density at radius 2 is 2.18 bits per heavy atom. The number of halogens is 1. The lowest BCUT2D eigenvalue weighted by Crippen LogP contribution is -2.18. The molecule has 4 rings (SSSR count). The molecule has 1 amide bonds. The molecule has 1 saturated heterocycles. The van der Waals surface area contributed by atoms with Crippen LogP contribution in [0.4, 0.5) is 27.3 Å². The molecule has 1 aromatic heterocycles. The van der Waals surface area contributed by atoms with Gasteiger partial charge in [0.1, 0.15) is 29.8 Å². The van der Waals surface area contributed by atoms with Crippen molar-refractivity contribution in [3.63, 3.8) is 0 Å². The Labute approximate surface area is 196 Å². The van der Waals surface area contributed by atoms with Gasteiger partial charge in [-0.2, -0.15) is 0 Å². The summed E-state index contributed by atoms with van der Waals surface area (Å²) in [5.74, 6) is 0.188. The van der Waals surface area contributed by atoms with Crippen LogP contribution >= 0.6 is 0 Å². The van der Waals surface area contributed by atoms with Crippen LogP contribution in [0.2, 0.25) is 0 Å². The zero-order valence-corrected chi connectivity index (χ0v) is 19.0.